The summed E-state index contributed by atoms with van der Waals surface area (Å²) in [5.74, 6) is -0.491. The molecule has 0 aliphatic rings. The van der Waals surface area contributed by atoms with Crippen LogP contribution in [0.4, 0.5) is 0 Å². The molecule has 0 saturated heterocycles. The van der Waals surface area contributed by atoms with Gasteiger partial charge in [0.15, 0.2) is 6.10 Å². The lowest BCUT2D eigenvalue weighted by Crippen LogP contribution is -2.13. The van der Waals surface area contributed by atoms with Gasteiger partial charge in [-0.1, -0.05) is 0 Å². The van der Waals surface area contributed by atoms with Crippen molar-refractivity contribution in [1.29, 1.82) is 10.5 Å². The lowest BCUT2D eigenvalue weighted by atomic mass is 10.2. The average Bonchev–Trinajstić information content (AvgIpc) is 1.97. The molecule has 0 rings (SSSR count). The second kappa shape index (κ2) is 5.25. The van der Waals surface area contributed by atoms with Gasteiger partial charge in [-0.05, 0) is 0 Å². The van der Waals surface area contributed by atoms with Gasteiger partial charge in [0.05, 0.1) is 6.07 Å². The summed E-state index contributed by atoms with van der Waals surface area (Å²) in [7, 11) is 0. The molecule has 58 valence electrons. The van der Waals surface area contributed by atoms with E-state index in [1.807, 2.05) is 6.07 Å². The summed E-state index contributed by atoms with van der Waals surface area (Å²) in [5.41, 5.74) is 0. The van der Waals surface area contributed by atoms with Crippen LogP contribution < -0.4 is 0 Å². The van der Waals surface area contributed by atoms with E-state index < -0.39 is 12.1 Å². The van der Waals surface area contributed by atoms with E-state index in [1.165, 1.54) is 6.92 Å². The lowest BCUT2D eigenvalue weighted by molar-refractivity contribution is -0.144. The molecule has 0 amide bonds. The molecule has 0 aromatic carbocycles. The molecular weight excluding hydrogens is 144 g/mol. The van der Waals surface area contributed by atoms with Gasteiger partial charge in [-0.3, -0.25) is 4.79 Å². The van der Waals surface area contributed by atoms with Gasteiger partial charge >= 0.3 is 5.97 Å². The number of rotatable bonds is 3. The Morgan fingerprint density at radius 2 is 2.27 bits per heavy atom. The minimum absolute atomic E-state index is 0.228. The molecule has 0 radical (unpaired) electrons. The van der Waals surface area contributed by atoms with Crippen molar-refractivity contribution < 1.29 is 9.53 Å². The molecule has 0 N–H and O–H groups in total. The molecule has 4 nitrogen and oxygen atoms in total. The quantitative estimate of drug-likeness (QED) is 0.559. The van der Waals surface area contributed by atoms with E-state index in [0.717, 1.165) is 0 Å². The molecule has 1 unspecified atom stereocenters. The van der Waals surface area contributed by atoms with Crippen molar-refractivity contribution in [3.8, 4) is 12.1 Å². The lowest BCUT2D eigenvalue weighted by Gasteiger charge is -2.05. The summed E-state index contributed by atoms with van der Waals surface area (Å²) in [5, 5.41) is 16.5. The van der Waals surface area contributed by atoms with Crippen molar-refractivity contribution in [3.63, 3.8) is 0 Å². The smallest absolute Gasteiger partial charge is 0.303 e. The monoisotopic (exact) mass is 152 g/mol. The van der Waals surface area contributed by atoms with E-state index in [0.29, 0.717) is 0 Å². The van der Waals surface area contributed by atoms with Crippen molar-refractivity contribution in [2.75, 3.05) is 0 Å². The van der Waals surface area contributed by atoms with E-state index in [1.54, 1.807) is 6.07 Å². The molecule has 1 atom stereocenters. The number of hydrogen-bond donors (Lipinski definition) is 0. The molecule has 4 heteroatoms. The molecular formula is C7H8N2O2. The molecule has 0 aliphatic heterocycles. The zero-order valence-corrected chi connectivity index (χ0v) is 6.20. The second-order valence-corrected chi connectivity index (χ2v) is 1.92. The Balaban J connectivity index is 3.71. The average molecular weight is 152 g/mol. The summed E-state index contributed by atoms with van der Waals surface area (Å²) in [4.78, 5) is 10.3. The van der Waals surface area contributed by atoms with Crippen molar-refractivity contribution in [2.45, 2.75) is 25.9 Å². The van der Waals surface area contributed by atoms with Gasteiger partial charge in [0.1, 0.15) is 6.07 Å². The fourth-order valence-corrected chi connectivity index (χ4v) is 0.546. The van der Waals surface area contributed by atoms with Gasteiger partial charge in [-0.2, -0.15) is 10.5 Å². The Morgan fingerprint density at radius 3 is 2.64 bits per heavy atom. The van der Waals surface area contributed by atoms with Crippen LogP contribution in [0.2, 0.25) is 0 Å². The number of hydrogen-bond acceptors (Lipinski definition) is 4. The second-order valence-electron chi connectivity index (χ2n) is 1.92. The maximum Gasteiger partial charge on any atom is 0.303 e. The van der Waals surface area contributed by atoms with E-state index >= 15 is 0 Å². The first-order chi connectivity index (χ1) is 5.20. The van der Waals surface area contributed by atoms with Gasteiger partial charge in [0.2, 0.25) is 0 Å². The maximum atomic E-state index is 10.3. The molecule has 0 aromatic heterocycles. The van der Waals surface area contributed by atoms with Crippen LogP contribution >= 0.6 is 0 Å². The summed E-state index contributed by atoms with van der Waals surface area (Å²) in [6.07, 6.45) is -0.259. The Hall–Kier alpha value is -1.55. The van der Waals surface area contributed by atoms with Crippen molar-refractivity contribution >= 4 is 5.97 Å². The Labute approximate surface area is 65.0 Å². The van der Waals surface area contributed by atoms with Gasteiger partial charge in [-0.15, -0.1) is 0 Å². The SMILES string of the molecule is CC(=O)OC(C#N)CCC#N. The zero-order valence-electron chi connectivity index (χ0n) is 6.20. The van der Waals surface area contributed by atoms with E-state index in [4.69, 9.17) is 10.5 Å². The van der Waals surface area contributed by atoms with Crippen LogP contribution in [0.25, 0.3) is 0 Å². The number of nitrogens with zero attached hydrogens (tertiary/aromatic N) is 2. The summed E-state index contributed by atoms with van der Waals surface area (Å²) in [6.45, 7) is 1.23. The third-order valence-electron chi connectivity index (χ3n) is 0.971. The molecule has 0 saturated carbocycles. The first-order valence-corrected chi connectivity index (χ1v) is 3.14. The number of esters is 1. The van der Waals surface area contributed by atoms with Crippen molar-refractivity contribution in [1.82, 2.24) is 0 Å². The highest BCUT2D eigenvalue weighted by molar-refractivity contribution is 5.66. The highest BCUT2D eigenvalue weighted by Gasteiger charge is 2.08. The molecule has 0 fully saturated rings. The normalized spacial score (nSPS) is 10.8. The van der Waals surface area contributed by atoms with Crippen LogP contribution in [0.15, 0.2) is 0 Å². The number of nitriles is 2. The summed E-state index contributed by atoms with van der Waals surface area (Å²) < 4.78 is 4.55. The van der Waals surface area contributed by atoms with Crippen LogP contribution in [0.1, 0.15) is 19.8 Å². The van der Waals surface area contributed by atoms with Crippen molar-refractivity contribution in [3.05, 3.63) is 0 Å². The van der Waals surface area contributed by atoms with Gasteiger partial charge in [-0.25, -0.2) is 0 Å². The minimum Gasteiger partial charge on any atom is -0.447 e. The Bertz CT molecular complexity index is 211. The van der Waals surface area contributed by atoms with Crippen LogP contribution in [0.3, 0.4) is 0 Å². The van der Waals surface area contributed by atoms with Crippen LogP contribution in [-0.2, 0) is 9.53 Å². The topological polar surface area (TPSA) is 73.9 Å². The number of ether oxygens (including phenoxy) is 1. The number of carbonyl (C=O) groups is 1. The third-order valence-corrected chi connectivity index (χ3v) is 0.971. The largest absolute Gasteiger partial charge is 0.447 e. The highest BCUT2D eigenvalue weighted by atomic mass is 16.5. The van der Waals surface area contributed by atoms with Gasteiger partial charge in [0.25, 0.3) is 0 Å². The van der Waals surface area contributed by atoms with Crippen LogP contribution in [-0.4, -0.2) is 12.1 Å². The Morgan fingerprint density at radius 1 is 1.64 bits per heavy atom. The molecule has 11 heavy (non-hydrogen) atoms. The first kappa shape index (κ1) is 9.45. The molecule has 0 heterocycles. The minimum atomic E-state index is -0.771. The van der Waals surface area contributed by atoms with Gasteiger partial charge < -0.3 is 4.74 Å². The molecule has 0 aromatic rings. The predicted octanol–water partition coefficient (Wildman–Crippen LogP) is 0.745. The van der Waals surface area contributed by atoms with E-state index in [-0.39, 0.29) is 12.8 Å². The van der Waals surface area contributed by atoms with Crippen LogP contribution in [0, 0.1) is 22.7 Å². The summed E-state index contributed by atoms with van der Waals surface area (Å²) in [6, 6.07) is 3.64. The van der Waals surface area contributed by atoms with Gasteiger partial charge in [0, 0.05) is 19.8 Å². The fraction of sp³-hybridized carbons (Fsp3) is 0.571. The third kappa shape index (κ3) is 4.92. The number of carbonyl (C=O) groups excluding carboxylic acids is 1. The molecule has 0 bridgehead atoms. The van der Waals surface area contributed by atoms with Crippen LogP contribution in [0.5, 0.6) is 0 Å². The predicted molar refractivity (Wildman–Crippen MR) is 36.0 cm³/mol. The standard InChI is InChI=1S/C7H8N2O2/c1-6(10)11-7(5-9)3-2-4-8/h7H,2-3H2,1H3. The fourth-order valence-electron chi connectivity index (χ4n) is 0.546. The van der Waals surface area contributed by atoms with E-state index in [9.17, 15) is 4.79 Å². The molecule has 0 spiro atoms. The Kier molecular flexibility index (Phi) is 4.51. The zero-order chi connectivity index (χ0) is 8.69. The van der Waals surface area contributed by atoms with E-state index in [2.05, 4.69) is 4.74 Å². The first-order valence-electron chi connectivity index (χ1n) is 3.14. The highest BCUT2D eigenvalue weighted by Crippen LogP contribution is 2.00. The van der Waals surface area contributed by atoms with Crippen molar-refractivity contribution in [2.24, 2.45) is 0 Å². The molecule has 0 aliphatic carbocycles. The maximum absolute atomic E-state index is 10.3. The summed E-state index contributed by atoms with van der Waals surface area (Å²) >= 11 is 0.